The van der Waals surface area contributed by atoms with Gasteiger partial charge in [-0.25, -0.2) is 0 Å². The van der Waals surface area contributed by atoms with Crippen LogP contribution in [0.3, 0.4) is 0 Å². The van der Waals surface area contributed by atoms with Crippen LogP contribution in [0, 0.1) is 5.92 Å². The summed E-state index contributed by atoms with van der Waals surface area (Å²) in [6.45, 7) is 1.79. The Kier molecular flexibility index (Phi) is 5.45. The van der Waals surface area contributed by atoms with Crippen molar-refractivity contribution in [1.82, 2.24) is 5.43 Å². The molecule has 3 N–H and O–H groups in total. The van der Waals surface area contributed by atoms with E-state index in [1.165, 1.54) is 30.6 Å². The van der Waals surface area contributed by atoms with Crippen LogP contribution in [-0.2, 0) is 11.2 Å². The lowest BCUT2D eigenvalue weighted by Gasteiger charge is -2.29. The molecule has 0 saturated carbocycles. The topological polar surface area (TPSA) is 47.3 Å². The summed E-state index contributed by atoms with van der Waals surface area (Å²) in [5.41, 5.74) is 2.98. The molecule has 0 aliphatic carbocycles. The normalized spacial score (nSPS) is 22.5. The summed E-state index contributed by atoms with van der Waals surface area (Å²) in [6, 6.07) is 4.74. The van der Waals surface area contributed by atoms with Crippen LogP contribution >= 0.6 is 11.3 Å². The van der Waals surface area contributed by atoms with Gasteiger partial charge in [0.05, 0.1) is 6.61 Å². The maximum atomic E-state index is 5.66. The maximum absolute atomic E-state index is 5.66. The Bertz CT molecular complexity index is 296. The molecule has 2 heterocycles. The zero-order valence-electron chi connectivity index (χ0n) is 10.2. The predicted molar refractivity (Wildman–Crippen MR) is 71.9 cm³/mol. The molecule has 2 unspecified atom stereocenters. The lowest BCUT2D eigenvalue weighted by atomic mass is 9.90. The highest BCUT2D eigenvalue weighted by Crippen LogP contribution is 2.21. The first-order chi connectivity index (χ1) is 8.40. The van der Waals surface area contributed by atoms with Gasteiger partial charge in [0, 0.05) is 17.5 Å². The number of nitrogens with one attached hydrogen (secondary N) is 1. The molecule has 4 heteroatoms. The molecule has 17 heavy (non-hydrogen) atoms. The van der Waals surface area contributed by atoms with Gasteiger partial charge in [-0.05, 0) is 49.5 Å². The molecule has 1 aliphatic heterocycles. The fourth-order valence-electron chi connectivity index (χ4n) is 2.49. The summed E-state index contributed by atoms with van der Waals surface area (Å²) < 4.78 is 5.52. The van der Waals surface area contributed by atoms with E-state index >= 15 is 0 Å². The number of hydrogen-bond acceptors (Lipinski definition) is 4. The third kappa shape index (κ3) is 4.07. The van der Waals surface area contributed by atoms with E-state index in [0.29, 0.717) is 12.0 Å². The average molecular weight is 254 g/mol. The third-order valence-electron chi connectivity index (χ3n) is 3.50. The van der Waals surface area contributed by atoms with E-state index in [4.69, 9.17) is 10.6 Å². The van der Waals surface area contributed by atoms with Crippen LogP contribution in [0.1, 0.15) is 30.6 Å². The molecule has 1 aliphatic rings. The number of rotatable bonds is 6. The van der Waals surface area contributed by atoms with Gasteiger partial charge in [-0.2, -0.15) is 0 Å². The van der Waals surface area contributed by atoms with Crippen molar-refractivity contribution < 1.29 is 4.74 Å². The van der Waals surface area contributed by atoms with Crippen molar-refractivity contribution in [2.75, 3.05) is 13.2 Å². The van der Waals surface area contributed by atoms with Crippen LogP contribution in [0.5, 0.6) is 0 Å². The number of nitrogens with two attached hydrogens (primary N) is 1. The fraction of sp³-hybridized carbons (Fsp3) is 0.692. The van der Waals surface area contributed by atoms with Crippen LogP contribution in [0.15, 0.2) is 17.5 Å². The molecule has 1 aromatic rings. The van der Waals surface area contributed by atoms with Gasteiger partial charge in [0.2, 0.25) is 0 Å². The van der Waals surface area contributed by atoms with Gasteiger partial charge in [0.25, 0.3) is 0 Å². The van der Waals surface area contributed by atoms with Crippen molar-refractivity contribution in [3.63, 3.8) is 0 Å². The van der Waals surface area contributed by atoms with E-state index in [-0.39, 0.29) is 0 Å². The summed E-state index contributed by atoms with van der Waals surface area (Å²) in [7, 11) is 0. The van der Waals surface area contributed by atoms with Crippen molar-refractivity contribution in [1.29, 1.82) is 0 Å². The molecule has 0 aromatic carbocycles. The Labute approximate surface area is 107 Å². The highest BCUT2D eigenvalue weighted by Gasteiger charge is 2.22. The SMILES string of the molecule is NNC(CCCc1cccs1)C1CCCOC1. The summed E-state index contributed by atoms with van der Waals surface area (Å²) >= 11 is 1.84. The highest BCUT2D eigenvalue weighted by atomic mass is 32.1. The summed E-state index contributed by atoms with van der Waals surface area (Å²) in [5.74, 6) is 6.25. The maximum Gasteiger partial charge on any atom is 0.0509 e. The Balaban J connectivity index is 1.71. The smallest absolute Gasteiger partial charge is 0.0509 e. The average Bonchev–Trinajstić information content (AvgIpc) is 2.89. The van der Waals surface area contributed by atoms with Crippen molar-refractivity contribution in [3.8, 4) is 0 Å². The second kappa shape index (κ2) is 7.11. The number of thiophene rings is 1. The van der Waals surface area contributed by atoms with Gasteiger partial charge in [-0.15, -0.1) is 11.3 Å². The number of aryl methyl sites for hydroxylation is 1. The van der Waals surface area contributed by atoms with E-state index in [1.54, 1.807) is 0 Å². The van der Waals surface area contributed by atoms with Crippen molar-refractivity contribution in [2.45, 2.75) is 38.1 Å². The minimum Gasteiger partial charge on any atom is -0.381 e. The second-order valence-corrected chi connectivity index (χ2v) is 5.75. The molecule has 0 bridgehead atoms. The summed E-state index contributed by atoms with van der Waals surface area (Å²) in [4.78, 5) is 1.47. The summed E-state index contributed by atoms with van der Waals surface area (Å²) in [5, 5.41) is 2.14. The fourth-order valence-corrected chi connectivity index (χ4v) is 3.24. The third-order valence-corrected chi connectivity index (χ3v) is 4.43. The monoisotopic (exact) mass is 254 g/mol. The Morgan fingerprint density at radius 3 is 3.18 bits per heavy atom. The van der Waals surface area contributed by atoms with E-state index in [9.17, 15) is 0 Å². The van der Waals surface area contributed by atoms with Crippen LogP contribution < -0.4 is 11.3 Å². The first kappa shape index (κ1) is 13.0. The van der Waals surface area contributed by atoms with Gasteiger partial charge in [-0.1, -0.05) is 6.07 Å². The van der Waals surface area contributed by atoms with E-state index in [0.717, 1.165) is 19.6 Å². The molecular weight excluding hydrogens is 232 g/mol. The lowest BCUT2D eigenvalue weighted by molar-refractivity contribution is 0.0376. The predicted octanol–water partition coefficient (Wildman–Crippen LogP) is 2.33. The largest absolute Gasteiger partial charge is 0.381 e. The van der Waals surface area contributed by atoms with Crippen molar-refractivity contribution >= 4 is 11.3 Å². The molecule has 96 valence electrons. The zero-order chi connectivity index (χ0) is 11.9. The van der Waals surface area contributed by atoms with E-state index in [1.807, 2.05) is 11.3 Å². The molecule has 1 fully saturated rings. The standard InChI is InChI=1S/C13H22N2OS/c14-15-13(11-4-2-8-16-10-11)7-1-5-12-6-3-9-17-12/h3,6,9,11,13,15H,1-2,4-5,7-8,10,14H2. The first-order valence-electron chi connectivity index (χ1n) is 6.46. The molecular formula is C13H22N2OS. The minimum absolute atomic E-state index is 0.412. The van der Waals surface area contributed by atoms with Gasteiger partial charge in [0.15, 0.2) is 0 Å². The molecule has 2 rings (SSSR count). The molecule has 3 nitrogen and oxygen atoms in total. The number of hydrogen-bond donors (Lipinski definition) is 2. The van der Waals surface area contributed by atoms with E-state index < -0.39 is 0 Å². The van der Waals surface area contributed by atoms with Gasteiger partial charge < -0.3 is 4.74 Å². The minimum atomic E-state index is 0.412. The molecule has 1 aromatic heterocycles. The Morgan fingerprint density at radius 2 is 2.53 bits per heavy atom. The molecule has 0 spiro atoms. The van der Waals surface area contributed by atoms with Gasteiger partial charge in [0.1, 0.15) is 0 Å². The van der Waals surface area contributed by atoms with Crippen LogP contribution in [0.2, 0.25) is 0 Å². The zero-order valence-corrected chi connectivity index (χ0v) is 11.0. The van der Waals surface area contributed by atoms with Crippen LogP contribution in [-0.4, -0.2) is 19.3 Å². The van der Waals surface area contributed by atoms with Crippen molar-refractivity contribution in [3.05, 3.63) is 22.4 Å². The number of ether oxygens (including phenoxy) is 1. The molecule has 0 radical (unpaired) electrons. The molecule has 0 amide bonds. The van der Waals surface area contributed by atoms with Crippen molar-refractivity contribution in [2.24, 2.45) is 11.8 Å². The lowest BCUT2D eigenvalue weighted by Crippen LogP contribution is -2.43. The first-order valence-corrected chi connectivity index (χ1v) is 7.34. The molecule has 1 saturated heterocycles. The van der Waals surface area contributed by atoms with Gasteiger partial charge >= 0.3 is 0 Å². The van der Waals surface area contributed by atoms with Gasteiger partial charge in [-0.3, -0.25) is 11.3 Å². The highest BCUT2D eigenvalue weighted by molar-refractivity contribution is 7.09. The summed E-state index contributed by atoms with van der Waals surface area (Å²) in [6.07, 6.45) is 5.93. The van der Waals surface area contributed by atoms with Crippen LogP contribution in [0.25, 0.3) is 0 Å². The second-order valence-electron chi connectivity index (χ2n) is 4.72. The number of hydrazine groups is 1. The Hall–Kier alpha value is -0.420. The van der Waals surface area contributed by atoms with Crippen LogP contribution in [0.4, 0.5) is 0 Å². The molecule has 2 atom stereocenters. The van der Waals surface area contributed by atoms with E-state index in [2.05, 4.69) is 22.9 Å². The Morgan fingerprint density at radius 1 is 1.59 bits per heavy atom. The quantitative estimate of drug-likeness (QED) is 0.605.